The molecule has 32 heavy (non-hydrogen) atoms. The van der Waals surface area contributed by atoms with Gasteiger partial charge in [-0.1, -0.05) is 6.07 Å². The van der Waals surface area contributed by atoms with Gasteiger partial charge in [0.05, 0.1) is 11.4 Å². The lowest BCUT2D eigenvalue weighted by Crippen LogP contribution is -2.50. The average Bonchev–Trinajstić information content (AvgIpc) is 2.61. The van der Waals surface area contributed by atoms with Crippen molar-refractivity contribution in [3.8, 4) is 0 Å². The quantitative estimate of drug-likeness (QED) is 0.538. The molecule has 1 aliphatic rings. The predicted molar refractivity (Wildman–Crippen MR) is 114 cm³/mol. The normalized spacial score (nSPS) is 13.2. The predicted octanol–water partition coefficient (Wildman–Crippen LogP) is 4.23. The van der Waals surface area contributed by atoms with Crippen LogP contribution in [-0.2, 0) is 9.47 Å². The van der Waals surface area contributed by atoms with Crippen LogP contribution in [0.5, 0.6) is 0 Å². The highest BCUT2D eigenvalue weighted by atomic mass is 16.6. The molecule has 12 heteroatoms. The van der Waals surface area contributed by atoms with E-state index in [9.17, 15) is 29.4 Å². The van der Waals surface area contributed by atoms with Gasteiger partial charge in [0.2, 0.25) is 0 Å². The van der Waals surface area contributed by atoms with Gasteiger partial charge in [0.25, 0.3) is 0 Å². The highest BCUT2D eigenvalue weighted by Crippen LogP contribution is 2.33. The zero-order valence-electron chi connectivity index (χ0n) is 18.6. The lowest BCUT2D eigenvalue weighted by atomic mass is 10.1. The number of ether oxygens (including phenoxy) is 2. The van der Waals surface area contributed by atoms with Crippen molar-refractivity contribution in [2.45, 2.75) is 52.7 Å². The van der Waals surface area contributed by atoms with Gasteiger partial charge in [0, 0.05) is 11.8 Å². The van der Waals surface area contributed by atoms with Crippen LogP contribution in [0.2, 0.25) is 0 Å². The highest BCUT2D eigenvalue weighted by molar-refractivity contribution is 5.97. The fraction of sp³-hybridized carbons (Fsp3) is 0.400. The standard InChI is InChI=1S/C20H26N4O8/c1-19(2,3)31-15(25)21-23(18(30)32-20(4,5)6)13-8-7-12-9-10-22(16(26)27)24(17(28)29)14(12)11-13/h7-11H,1-6H3,(H,21,25)(H,26,27)(H,28,29). The van der Waals surface area contributed by atoms with Crippen LogP contribution in [0.4, 0.5) is 30.6 Å². The second-order valence-electron chi connectivity index (χ2n) is 8.71. The van der Waals surface area contributed by atoms with Gasteiger partial charge in [-0.15, -0.1) is 0 Å². The summed E-state index contributed by atoms with van der Waals surface area (Å²) < 4.78 is 10.5. The molecule has 0 spiro atoms. The maximum Gasteiger partial charge on any atom is 0.434 e. The first-order valence-electron chi connectivity index (χ1n) is 9.49. The monoisotopic (exact) mass is 450 g/mol. The number of carboxylic acid groups (broad SMARTS) is 2. The second-order valence-corrected chi connectivity index (χ2v) is 8.71. The maximum absolute atomic E-state index is 12.8. The number of nitrogens with one attached hydrogen (secondary N) is 1. The Balaban J connectivity index is 2.51. The molecular weight excluding hydrogens is 424 g/mol. The lowest BCUT2D eigenvalue weighted by molar-refractivity contribution is 0.0425. The van der Waals surface area contributed by atoms with Crippen LogP contribution in [-0.4, -0.2) is 50.8 Å². The van der Waals surface area contributed by atoms with E-state index in [0.717, 1.165) is 11.2 Å². The Bertz CT molecular complexity index is 961. The molecule has 0 atom stereocenters. The Hall–Kier alpha value is -3.96. The van der Waals surface area contributed by atoms with E-state index in [1.807, 2.05) is 0 Å². The SMILES string of the molecule is CC(C)(C)OC(=O)NN(C(=O)OC(C)(C)C)c1ccc2c(c1)N(C(=O)O)N(C(=O)O)C=C2. The average molecular weight is 450 g/mol. The van der Waals surface area contributed by atoms with Crippen LogP contribution in [0, 0.1) is 0 Å². The molecule has 0 fully saturated rings. The number of fused-ring (bicyclic) bond motifs is 1. The third-order valence-corrected chi connectivity index (χ3v) is 3.67. The Morgan fingerprint density at radius 3 is 2.03 bits per heavy atom. The molecule has 2 rings (SSSR count). The van der Waals surface area contributed by atoms with Crippen molar-refractivity contribution in [1.29, 1.82) is 0 Å². The van der Waals surface area contributed by atoms with E-state index in [2.05, 4.69) is 5.43 Å². The number of hydrazine groups is 2. The first-order valence-corrected chi connectivity index (χ1v) is 9.49. The van der Waals surface area contributed by atoms with Gasteiger partial charge in [-0.3, -0.25) is 0 Å². The molecule has 0 aliphatic carbocycles. The molecular formula is C20H26N4O8. The van der Waals surface area contributed by atoms with Gasteiger partial charge in [-0.05, 0) is 59.8 Å². The van der Waals surface area contributed by atoms with Gasteiger partial charge in [0.1, 0.15) is 11.2 Å². The molecule has 1 aromatic rings. The lowest BCUT2D eigenvalue weighted by Gasteiger charge is -2.33. The van der Waals surface area contributed by atoms with Crippen molar-refractivity contribution >= 4 is 41.8 Å². The molecule has 0 unspecified atom stereocenters. The first-order chi connectivity index (χ1) is 14.6. The molecule has 1 aliphatic heterocycles. The summed E-state index contributed by atoms with van der Waals surface area (Å²) >= 11 is 0. The van der Waals surface area contributed by atoms with Crippen molar-refractivity contribution < 1.29 is 38.9 Å². The van der Waals surface area contributed by atoms with Gasteiger partial charge in [-0.25, -0.2) is 24.6 Å². The summed E-state index contributed by atoms with van der Waals surface area (Å²) in [5.41, 5.74) is 0.843. The largest absolute Gasteiger partial charge is 0.463 e. The van der Waals surface area contributed by atoms with Gasteiger partial charge < -0.3 is 19.7 Å². The van der Waals surface area contributed by atoms with E-state index in [1.165, 1.54) is 24.3 Å². The minimum Gasteiger partial charge on any atom is -0.463 e. The molecule has 1 aromatic carbocycles. The van der Waals surface area contributed by atoms with Crippen molar-refractivity contribution in [1.82, 2.24) is 10.4 Å². The van der Waals surface area contributed by atoms with Gasteiger partial charge >= 0.3 is 24.4 Å². The van der Waals surface area contributed by atoms with Crippen LogP contribution < -0.4 is 15.4 Å². The summed E-state index contributed by atoms with van der Waals surface area (Å²) in [5.74, 6) is 0. The zero-order valence-corrected chi connectivity index (χ0v) is 18.6. The van der Waals surface area contributed by atoms with E-state index >= 15 is 0 Å². The molecule has 4 amide bonds. The third kappa shape index (κ3) is 6.03. The fourth-order valence-electron chi connectivity index (χ4n) is 2.59. The van der Waals surface area contributed by atoms with E-state index in [4.69, 9.17) is 9.47 Å². The van der Waals surface area contributed by atoms with Crippen LogP contribution in [0.3, 0.4) is 0 Å². The summed E-state index contributed by atoms with van der Waals surface area (Å²) in [6.07, 6.45) is -2.56. The Morgan fingerprint density at radius 1 is 0.938 bits per heavy atom. The fourth-order valence-corrected chi connectivity index (χ4v) is 2.59. The molecule has 0 radical (unpaired) electrons. The number of hydrogen-bond donors (Lipinski definition) is 3. The Labute approximate surface area is 184 Å². The molecule has 0 aromatic heterocycles. The molecule has 0 bridgehead atoms. The van der Waals surface area contributed by atoms with Crippen LogP contribution >= 0.6 is 0 Å². The Kier molecular flexibility index (Phi) is 6.57. The number of carbonyl (C=O) groups excluding carboxylic acids is 2. The van der Waals surface area contributed by atoms with E-state index < -0.39 is 35.6 Å². The number of benzene rings is 1. The number of rotatable bonds is 1. The second kappa shape index (κ2) is 8.65. The van der Waals surface area contributed by atoms with Crippen LogP contribution in [0.25, 0.3) is 6.08 Å². The minimum atomic E-state index is -1.57. The zero-order chi connectivity index (χ0) is 24.4. The van der Waals surface area contributed by atoms with E-state index in [1.54, 1.807) is 41.5 Å². The summed E-state index contributed by atoms with van der Waals surface area (Å²) in [4.78, 5) is 48.3. The van der Waals surface area contributed by atoms with Crippen molar-refractivity contribution in [3.63, 3.8) is 0 Å². The molecule has 12 nitrogen and oxygen atoms in total. The van der Waals surface area contributed by atoms with E-state index in [-0.39, 0.29) is 11.4 Å². The smallest absolute Gasteiger partial charge is 0.434 e. The summed E-state index contributed by atoms with van der Waals surface area (Å²) in [7, 11) is 0. The highest BCUT2D eigenvalue weighted by Gasteiger charge is 2.33. The topological polar surface area (TPSA) is 149 Å². The third-order valence-electron chi connectivity index (χ3n) is 3.67. The van der Waals surface area contributed by atoms with Crippen molar-refractivity contribution in [3.05, 3.63) is 30.0 Å². The maximum atomic E-state index is 12.8. The number of carbonyl (C=O) groups is 4. The summed E-state index contributed by atoms with van der Waals surface area (Å²) in [5, 5.41) is 20.6. The molecule has 0 saturated heterocycles. The number of hydrogen-bond acceptors (Lipinski definition) is 6. The molecule has 0 saturated carbocycles. The van der Waals surface area contributed by atoms with Crippen molar-refractivity contribution in [2.24, 2.45) is 0 Å². The van der Waals surface area contributed by atoms with Crippen LogP contribution in [0.15, 0.2) is 24.4 Å². The van der Waals surface area contributed by atoms with Gasteiger partial charge in [-0.2, -0.15) is 15.0 Å². The molecule has 3 N–H and O–H groups in total. The molecule has 174 valence electrons. The molecule has 1 heterocycles. The number of nitrogens with zero attached hydrogens (tertiary/aromatic N) is 3. The Morgan fingerprint density at radius 2 is 1.53 bits per heavy atom. The number of anilines is 2. The van der Waals surface area contributed by atoms with Crippen LogP contribution in [0.1, 0.15) is 47.1 Å². The minimum absolute atomic E-state index is 0.00995. The summed E-state index contributed by atoms with van der Waals surface area (Å²) in [6, 6.07) is 4.12. The van der Waals surface area contributed by atoms with E-state index in [0.29, 0.717) is 15.6 Å². The summed E-state index contributed by atoms with van der Waals surface area (Å²) in [6.45, 7) is 9.81. The van der Waals surface area contributed by atoms with Crippen molar-refractivity contribution in [2.75, 3.05) is 10.0 Å². The first kappa shape index (κ1) is 24.3. The number of amides is 4. The van der Waals surface area contributed by atoms with Gasteiger partial charge in [0.15, 0.2) is 0 Å².